The third-order valence-electron chi connectivity index (χ3n) is 12.1. The summed E-state index contributed by atoms with van der Waals surface area (Å²) >= 11 is 0. The lowest BCUT2D eigenvalue weighted by Gasteiger charge is -2.13. The molecule has 0 atom stereocenters. The van der Waals surface area contributed by atoms with Crippen molar-refractivity contribution in [2.24, 2.45) is 0 Å². The third-order valence-corrected chi connectivity index (χ3v) is 12.1. The standard InChI is InChI=1S/C57H35N3/c1-2-14-44-41(10-1)33-53(49-18-6-3-15-46(44)49)37-21-25-38(26-22-37)54-34-55(42-12-7-11-40(32-42)43-13-9-31-58-35-43)60-57(59-54)39-27-23-36(24-28-39)45-29-30-52-48-17-5-4-16-47(48)51-20-8-19-50(45)56(51)52/h1-35H. The van der Waals surface area contributed by atoms with E-state index in [4.69, 9.17) is 9.97 Å². The number of nitrogens with zero attached hydrogens (tertiary/aromatic N) is 3. The monoisotopic (exact) mass is 761 g/mol. The Labute approximate surface area is 348 Å². The van der Waals surface area contributed by atoms with Gasteiger partial charge in [0, 0.05) is 34.6 Å². The van der Waals surface area contributed by atoms with Crippen molar-refractivity contribution in [3.8, 4) is 89.5 Å². The van der Waals surface area contributed by atoms with Crippen molar-refractivity contribution in [1.29, 1.82) is 0 Å². The molecule has 60 heavy (non-hydrogen) atoms. The average molecular weight is 762 g/mol. The molecular formula is C57H35N3. The van der Waals surface area contributed by atoms with E-state index in [0.717, 1.165) is 44.8 Å². The maximum absolute atomic E-state index is 5.26. The molecule has 11 aromatic rings. The fourth-order valence-corrected chi connectivity index (χ4v) is 9.24. The molecule has 0 amide bonds. The first-order chi connectivity index (χ1) is 29.7. The van der Waals surface area contributed by atoms with Crippen molar-refractivity contribution in [3.05, 3.63) is 213 Å². The third kappa shape index (κ3) is 5.63. The van der Waals surface area contributed by atoms with Crippen LogP contribution >= 0.6 is 0 Å². The molecule has 2 heterocycles. The van der Waals surface area contributed by atoms with Crippen molar-refractivity contribution in [2.75, 3.05) is 0 Å². The number of aromatic nitrogens is 3. The minimum absolute atomic E-state index is 0.682. The van der Waals surface area contributed by atoms with Gasteiger partial charge in [-0.25, -0.2) is 9.97 Å². The highest BCUT2D eigenvalue weighted by molar-refractivity contribution is 6.19. The molecule has 1 aliphatic rings. The van der Waals surface area contributed by atoms with E-state index in [9.17, 15) is 0 Å². The van der Waals surface area contributed by atoms with Crippen LogP contribution in [0, 0.1) is 0 Å². The normalized spacial score (nSPS) is 11.7. The first-order valence-corrected chi connectivity index (χ1v) is 20.4. The zero-order valence-corrected chi connectivity index (χ0v) is 32.5. The number of hydrogen-bond acceptors (Lipinski definition) is 3. The molecule has 0 fully saturated rings. The quantitative estimate of drug-likeness (QED) is 0.158. The molecule has 0 bridgehead atoms. The highest BCUT2D eigenvalue weighted by atomic mass is 14.9. The van der Waals surface area contributed by atoms with E-state index < -0.39 is 0 Å². The van der Waals surface area contributed by atoms with Gasteiger partial charge in [0.05, 0.1) is 11.4 Å². The number of benzene rings is 9. The summed E-state index contributed by atoms with van der Waals surface area (Å²) < 4.78 is 0. The van der Waals surface area contributed by atoms with Gasteiger partial charge in [-0.15, -0.1) is 0 Å². The molecule has 0 saturated heterocycles. The highest BCUT2D eigenvalue weighted by Crippen LogP contribution is 2.49. The van der Waals surface area contributed by atoms with E-state index in [1.807, 2.05) is 12.3 Å². The van der Waals surface area contributed by atoms with Gasteiger partial charge in [0.15, 0.2) is 5.82 Å². The summed E-state index contributed by atoms with van der Waals surface area (Å²) in [5, 5.41) is 7.61. The van der Waals surface area contributed by atoms with E-state index in [1.54, 1.807) is 6.20 Å². The average Bonchev–Trinajstić information content (AvgIpc) is 3.66. The second kappa shape index (κ2) is 13.8. The van der Waals surface area contributed by atoms with Crippen molar-refractivity contribution in [2.45, 2.75) is 0 Å². The van der Waals surface area contributed by atoms with Gasteiger partial charge in [0.2, 0.25) is 0 Å². The number of hydrogen-bond donors (Lipinski definition) is 0. The van der Waals surface area contributed by atoms with E-state index in [-0.39, 0.29) is 0 Å². The van der Waals surface area contributed by atoms with Crippen molar-refractivity contribution in [1.82, 2.24) is 15.0 Å². The Morgan fingerprint density at radius 3 is 1.63 bits per heavy atom. The van der Waals surface area contributed by atoms with Crippen LogP contribution in [0.3, 0.4) is 0 Å². The van der Waals surface area contributed by atoms with Crippen LogP contribution in [0.5, 0.6) is 0 Å². The fourth-order valence-electron chi connectivity index (χ4n) is 9.24. The first-order valence-electron chi connectivity index (χ1n) is 20.4. The van der Waals surface area contributed by atoms with Crippen LogP contribution in [0.4, 0.5) is 0 Å². The van der Waals surface area contributed by atoms with E-state index >= 15 is 0 Å². The summed E-state index contributed by atoms with van der Waals surface area (Å²) in [6.45, 7) is 0. The van der Waals surface area contributed by atoms with Crippen LogP contribution in [-0.4, -0.2) is 15.0 Å². The predicted octanol–water partition coefficient (Wildman–Crippen LogP) is 15.0. The Morgan fingerprint density at radius 2 is 0.850 bits per heavy atom. The number of pyridine rings is 1. The molecule has 2 aromatic heterocycles. The topological polar surface area (TPSA) is 38.7 Å². The van der Waals surface area contributed by atoms with Crippen molar-refractivity contribution >= 4 is 32.3 Å². The molecular weight excluding hydrogens is 727 g/mol. The van der Waals surface area contributed by atoms with Crippen LogP contribution < -0.4 is 0 Å². The molecule has 12 rings (SSSR count). The zero-order chi connectivity index (χ0) is 39.6. The van der Waals surface area contributed by atoms with Crippen molar-refractivity contribution < 1.29 is 0 Å². The molecule has 0 unspecified atom stereocenters. The van der Waals surface area contributed by atoms with Crippen molar-refractivity contribution in [3.63, 3.8) is 0 Å². The largest absolute Gasteiger partial charge is 0.264 e. The van der Waals surface area contributed by atoms with Gasteiger partial charge in [-0.3, -0.25) is 4.98 Å². The van der Waals surface area contributed by atoms with Crippen LogP contribution in [0.1, 0.15) is 0 Å². The molecule has 1 aliphatic carbocycles. The molecule has 0 radical (unpaired) electrons. The highest BCUT2D eigenvalue weighted by Gasteiger charge is 2.22. The van der Waals surface area contributed by atoms with Crippen LogP contribution in [0.2, 0.25) is 0 Å². The van der Waals surface area contributed by atoms with Crippen LogP contribution in [0.15, 0.2) is 213 Å². The Kier molecular flexibility index (Phi) is 7.85. The molecule has 0 spiro atoms. The van der Waals surface area contributed by atoms with Gasteiger partial charge in [0.1, 0.15) is 0 Å². The molecule has 3 heteroatoms. The number of rotatable bonds is 6. The Morgan fingerprint density at radius 1 is 0.283 bits per heavy atom. The second-order valence-corrected chi connectivity index (χ2v) is 15.6. The lowest BCUT2D eigenvalue weighted by Crippen LogP contribution is -1.96. The SMILES string of the molecule is c1cncc(-c2cccc(-c3cc(-c4ccc(-c5cc6ccccc6c6ccccc56)cc4)nc(-c4ccc(-c5ccc6c7c(cccc57)-c5ccccc5-6)cc4)n3)c2)c1. The number of fused-ring (bicyclic) bond motifs is 6. The van der Waals surface area contributed by atoms with Crippen LogP contribution in [0.25, 0.3) is 122 Å². The lowest BCUT2D eigenvalue weighted by molar-refractivity contribution is 1.18. The first kappa shape index (κ1) is 34.1. The van der Waals surface area contributed by atoms with E-state index in [2.05, 4.69) is 199 Å². The summed E-state index contributed by atoms with van der Waals surface area (Å²) in [7, 11) is 0. The van der Waals surface area contributed by atoms with E-state index in [1.165, 1.54) is 71.3 Å². The summed E-state index contributed by atoms with van der Waals surface area (Å²) in [6.07, 6.45) is 3.71. The minimum atomic E-state index is 0.682. The summed E-state index contributed by atoms with van der Waals surface area (Å²) in [4.78, 5) is 14.9. The molecule has 3 nitrogen and oxygen atoms in total. The maximum Gasteiger partial charge on any atom is 0.160 e. The molecule has 0 N–H and O–H groups in total. The van der Waals surface area contributed by atoms with Gasteiger partial charge in [-0.2, -0.15) is 0 Å². The Balaban J connectivity index is 0.958. The van der Waals surface area contributed by atoms with Gasteiger partial charge in [-0.05, 0) is 107 Å². The zero-order valence-electron chi connectivity index (χ0n) is 32.5. The maximum atomic E-state index is 5.26. The molecule has 278 valence electrons. The smallest absolute Gasteiger partial charge is 0.160 e. The van der Waals surface area contributed by atoms with Gasteiger partial charge in [0.25, 0.3) is 0 Å². The van der Waals surface area contributed by atoms with Gasteiger partial charge < -0.3 is 0 Å². The molecule has 0 aliphatic heterocycles. The predicted molar refractivity (Wildman–Crippen MR) is 249 cm³/mol. The lowest BCUT2D eigenvalue weighted by atomic mass is 9.92. The van der Waals surface area contributed by atoms with E-state index in [0.29, 0.717) is 5.82 Å². The fraction of sp³-hybridized carbons (Fsp3) is 0. The second-order valence-electron chi connectivity index (χ2n) is 15.6. The minimum Gasteiger partial charge on any atom is -0.264 e. The summed E-state index contributed by atoms with van der Waals surface area (Å²) in [6, 6.07) is 71.9. The molecule has 9 aromatic carbocycles. The van der Waals surface area contributed by atoms with Gasteiger partial charge >= 0.3 is 0 Å². The van der Waals surface area contributed by atoms with Gasteiger partial charge in [-0.1, -0.05) is 176 Å². The Bertz CT molecular complexity index is 3430. The van der Waals surface area contributed by atoms with Crippen LogP contribution in [-0.2, 0) is 0 Å². The summed E-state index contributed by atoms with van der Waals surface area (Å²) in [5.41, 5.74) is 16.9. The Hall–Kier alpha value is -8.01. The summed E-state index contributed by atoms with van der Waals surface area (Å²) in [5.74, 6) is 0.682. The molecule has 0 saturated carbocycles.